The van der Waals surface area contributed by atoms with E-state index in [1.165, 1.54) is 38.2 Å². The summed E-state index contributed by atoms with van der Waals surface area (Å²) in [4.78, 5) is 28.8. The Balaban J connectivity index is 2.28. The Kier molecular flexibility index (Phi) is 9.58. The van der Waals surface area contributed by atoms with E-state index >= 15 is 0 Å². The summed E-state index contributed by atoms with van der Waals surface area (Å²) in [5.41, 5.74) is 0. The lowest BCUT2D eigenvalue weighted by atomic mass is 9.79. The Morgan fingerprint density at radius 2 is 1.83 bits per heavy atom. The molecule has 1 unspecified atom stereocenters. The van der Waals surface area contributed by atoms with Crippen molar-refractivity contribution in [3.05, 3.63) is 12.7 Å². The zero-order chi connectivity index (χ0) is 17.9. The number of carbonyl (C=O) groups is 2. The first-order chi connectivity index (χ1) is 11.5. The second-order valence-electron chi connectivity index (χ2n) is 7.00. The molecule has 1 aliphatic rings. The summed E-state index contributed by atoms with van der Waals surface area (Å²) in [6, 6.07) is 0. The second-order valence-corrected chi connectivity index (χ2v) is 7.00. The van der Waals surface area contributed by atoms with Crippen molar-refractivity contribution >= 4 is 18.5 Å². The molecule has 24 heavy (non-hydrogen) atoms. The molecule has 0 heterocycles. The van der Waals surface area contributed by atoms with Gasteiger partial charge in [-0.25, -0.2) is 4.99 Å². The molecule has 1 fully saturated rings. The molecular weight excluding hydrogens is 300 g/mol. The quantitative estimate of drug-likeness (QED) is 0.443. The summed E-state index contributed by atoms with van der Waals surface area (Å²) in [5.74, 6) is 1.45. The highest BCUT2D eigenvalue weighted by molar-refractivity contribution is 5.86. The third-order valence-corrected chi connectivity index (χ3v) is 5.48. The van der Waals surface area contributed by atoms with Gasteiger partial charge in [0.15, 0.2) is 0 Å². The third kappa shape index (κ3) is 6.58. The summed E-state index contributed by atoms with van der Waals surface area (Å²) in [6.07, 6.45) is 10.4. The van der Waals surface area contributed by atoms with E-state index in [1.54, 1.807) is 0 Å². The van der Waals surface area contributed by atoms with Gasteiger partial charge in [0.25, 0.3) is 0 Å². The number of nitrogens with zero attached hydrogens (tertiary/aromatic N) is 2. The van der Waals surface area contributed by atoms with Crippen molar-refractivity contribution < 1.29 is 9.59 Å². The van der Waals surface area contributed by atoms with E-state index in [9.17, 15) is 9.59 Å². The highest BCUT2D eigenvalue weighted by atomic mass is 16.2. The average Bonchev–Trinajstić information content (AvgIpc) is 2.63. The van der Waals surface area contributed by atoms with Crippen molar-refractivity contribution in [3.63, 3.8) is 0 Å². The van der Waals surface area contributed by atoms with Gasteiger partial charge in [-0.05, 0) is 57.2 Å². The van der Waals surface area contributed by atoms with E-state index in [0.717, 1.165) is 38.3 Å². The molecule has 0 aromatic heterocycles. The molecule has 136 valence electrons. The Bertz CT molecular complexity index is 425. The van der Waals surface area contributed by atoms with Crippen LogP contribution in [0.15, 0.2) is 17.6 Å². The van der Waals surface area contributed by atoms with Gasteiger partial charge in [0.2, 0.25) is 11.8 Å². The zero-order valence-electron chi connectivity index (χ0n) is 15.5. The van der Waals surface area contributed by atoms with Gasteiger partial charge in [0.1, 0.15) is 0 Å². The van der Waals surface area contributed by atoms with Gasteiger partial charge >= 0.3 is 0 Å². The number of likely N-dealkylation sites (N-methyl/N-ethyl adjacent to an activating group) is 1. The molecule has 0 aliphatic heterocycles. The minimum Gasteiger partial charge on any atom is -0.339 e. The maximum absolute atomic E-state index is 11.8. The van der Waals surface area contributed by atoms with Gasteiger partial charge in [-0.3, -0.25) is 9.59 Å². The number of aliphatic imine (C=N–C) groups is 1. The van der Waals surface area contributed by atoms with E-state index in [-0.39, 0.29) is 17.7 Å². The van der Waals surface area contributed by atoms with Crippen molar-refractivity contribution in [2.75, 3.05) is 13.1 Å². The smallest absolute Gasteiger partial charge is 0.248 e. The average molecular weight is 335 g/mol. The fourth-order valence-electron chi connectivity index (χ4n) is 3.80. The Hall–Kier alpha value is -1.45. The topological polar surface area (TPSA) is 49.7 Å². The number of hydrogen-bond donors (Lipinski definition) is 0. The van der Waals surface area contributed by atoms with Crippen LogP contribution in [0, 0.1) is 17.8 Å². The molecule has 4 nitrogen and oxygen atoms in total. The Morgan fingerprint density at radius 1 is 1.21 bits per heavy atom. The SMILES string of the molecule is C=CC(=O)N(CC)CC1CCC(CCCC(CC)C(=O)N=C)CC1. The molecule has 2 amide bonds. The maximum atomic E-state index is 11.8. The second kappa shape index (κ2) is 11.2. The normalized spacial score (nSPS) is 21.8. The molecule has 0 saturated heterocycles. The van der Waals surface area contributed by atoms with Crippen LogP contribution in [0.25, 0.3) is 0 Å². The third-order valence-electron chi connectivity index (χ3n) is 5.48. The number of carbonyl (C=O) groups excluding carboxylic acids is 2. The van der Waals surface area contributed by atoms with Crippen LogP contribution in [0.3, 0.4) is 0 Å². The highest BCUT2D eigenvalue weighted by Gasteiger charge is 2.24. The fourth-order valence-corrected chi connectivity index (χ4v) is 3.80. The van der Waals surface area contributed by atoms with Crippen molar-refractivity contribution in [3.8, 4) is 0 Å². The molecule has 0 aromatic rings. The zero-order valence-corrected chi connectivity index (χ0v) is 15.5. The predicted octanol–water partition coefficient (Wildman–Crippen LogP) is 4.25. The first kappa shape index (κ1) is 20.6. The maximum Gasteiger partial charge on any atom is 0.248 e. The van der Waals surface area contributed by atoms with Crippen LogP contribution in [0.2, 0.25) is 0 Å². The molecule has 0 bridgehead atoms. The van der Waals surface area contributed by atoms with Crippen LogP contribution in [0.5, 0.6) is 0 Å². The fraction of sp³-hybridized carbons (Fsp3) is 0.750. The lowest BCUT2D eigenvalue weighted by Crippen LogP contribution is -2.35. The standard InChI is InChI=1S/C20H34N2O2/c1-5-18(20(24)21-4)10-8-9-16-11-13-17(14-12-16)15-22(7-3)19(23)6-2/h6,16-18H,2,4-5,7-15H2,1,3H3. The Morgan fingerprint density at radius 3 is 2.33 bits per heavy atom. The van der Waals surface area contributed by atoms with Gasteiger partial charge in [0, 0.05) is 19.0 Å². The lowest BCUT2D eigenvalue weighted by Gasteiger charge is -2.32. The van der Waals surface area contributed by atoms with E-state index < -0.39 is 0 Å². The Labute approximate surface area is 147 Å². The molecule has 0 N–H and O–H groups in total. The molecule has 1 saturated carbocycles. The van der Waals surface area contributed by atoms with Crippen LogP contribution < -0.4 is 0 Å². The molecule has 1 aliphatic carbocycles. The van der Waals surface area contributed by atoms with Crippen molar-refractivity contribution in [2.45, 2.75) is 65.2 Å². The highest BCUT2D eigenvalue weighted by Crippen LogP contribution is 2.33. The lowest BCUT2D eigenvalue weighted by molar-refractivity contribution is -0.126. The summed E-state index contributed by atoms with van der Waals surface area (Å²) < 4.78 is 0. The van der Waals surface area contributed by atoms with Gasteiger partial charge in [0.05, 0.1) is 0 Å². The summed E-state index contributed by atoms with van der Waals surface area (Å²) in [6.45, 7) is 12.6. The summed E-state index contributed by atoms with van der Waals surface area (Å²) in [7, 11) is 0. The van der Waals surface area contributed by atoms with Crippen molar-refractivity contribution in [1.82, 2.24) is 4.90 Å². The van der Waals surface area contributed by atoms with Crippen molar-refractivity contribution in [1.29, 1.82) is 0 Å². The van der Waals surface area contributed by atoms with E-state index in [0.29, 0.717) is 5.92 Å². The predicted molar refractivity (Wildman–Crippen MR) is 100 cm³/mol. The minimum absolute atomic E-state index is 0.0470. The summed E-state index contributed by atoms with van der Waals surface area (Å²) >= 11 is 0. The first-order valence-electron chi connectivity index (χ1n) is 9.47. The molecule has 1 rings (SSSR count). The van der Waals surface area contributed by atoms with Crippen LogP contribution in [0.4, 0.5) is 0 Å². The molecule has 0 aromatic carbocycles. The van der Waals surface area contributed by atoms with Crippen molar-refractivity contribution in [2.24, 2.45) is 22.7 Å². The van der Waals surface area contributed by atoms with E-state index in [4.69, 9.17) is 0 Å². The first-order valence-corrected chi connectivity index (χ1v) is 9.47. The van der Waals surface area contributed by atoms with Gasteiger partial charge in [-0.2, -0.15) is 0 Å². The molecule has 0 radical (unpaired) electrons. The number of amides is 2. The minimum atomic E-state index is -0.0484. The van der Waals surface area contributed by atoms with Crippen LogP contribution >= 0.6 is 0 Å². The van der Waals surface area contributed by atoms with Crippen LogP contribution in [-0.4, -0.2) is 36.5 Å². The monoisotopic (exact) mass is 334 g/mol. The van der Waals surface area contributed by atoms with Gasteiger partial charge in [-0.15, -0.1) is 0 Å². The number of rotatable bonds is 10. The van der Waals surface area contributed by atoms with Crippen LogP contribution in [0.1, 0.15) is 65.2 Å². The molecular formula is C20H34N2O2. The molecule has 0 spiro atoms. The van der Waals surface area contributed by atoms with E-state index in [1.807, 2.05) is 18.7 Å². The molecule has 1 atom stereocenters. The number of hydrogen-bond acceptors (Lipinski definition) is 2. The van der Waals surface area contributed by atoms with Gasteiger partial charge < -0.3 is 4.90 Å². The largest absolute Gasteiger partial charge is 0.339 e. The van der Waals surface area contributed by atoms with Gasteiger partial charge in [-0.1, -0.05) is 39.2 Å². The summed E-state index contributed by atoms with van der Waals surface area (Å²) in [5, 5.41) is 0. The van der Waals surface area contributed by atoms with E-state index in [2.05, 4.69) is 18.3 Å². The molecule has 4 heteroatoms. The van der Waals surface area contributed by atoms with Crippen LogP contribution in [-0.2, 0) is 9.59 Å².